The van der Waals surface area contributed by atoms with Crippen molar-refractivity contribution in [1.29, 1.82) is 0 Å². The SMILES string of the molecule is O=c1/c(=C/c2ccc(Br)cc2)sc2n1C(c1ccccc1)C(c1ccccc1)=NN=2. The van der Waals surface area contributed by atoms with Gasteiger partial charge in [0.05, 0.1) is 10.2 Å². The average Bonchev–Trinajstić information content (AvgIpc) is 3.11. The number of aromatic nitrogens is 1. The summed E-state index contributed by atoms with van der Waals surface area (Å²) in [4.78, 5) is 14.1. The minimum Gasteiger partial charge on any atom is -0.268 e. The molecule has 0 amide bonds. The lowest BCUT2D eigenvalue weighted by atomic mass is 9.96. The van der Waals surface area contributed by atoms with Crippen molar-refractivity contribution < 1.29 is 0 Å². The van der Waals surface area contributed by atoms with Crippen LogP contribution in [0.1, 0.15) is 22.7 Å². The lowest BCUT2D eigenvalue weighted by Gasteiger charge is -2.22. The Bertz CT molecular complexity index is 1410. The Labute approximate surface area is 185 Å². The summed E-state index contributed by atoms with van der Waals surface area (Å²) in [7, 11) is 0. The van der Waals surface area contributed by atoms with Crippen molar-refractivity contribution in [3.05, 3.63) is 126 Å². The Hall–Kier alpha value is -3.09. The first-order chi connectivity index (χ1) is 14.7. The molecule has 5 rings (SSSR count). The topological polar surface area (TPSA) is 46.7 Å². The van der Waals surface area contributed by atoms with Gasteiger partial charge >= 0.3 is 0 Å². The van der Waals surface area contributed by atoms with Gasteiger partial charge in [0.15, 0.2) is 0 Å². The second kappa shape index (κ2) is 7.97. The molecule has 4 aromatic rings. The Morgan fingerprint density at radius 2 is 1.53 bits per heavy atom. The van der Waals surface area contributed by atoms with Crippen molar-refractivity contribution in [3.63, 3.8) is 0 Å². The van der Waals surface area contributed by atoms with Gasteiger partial charge in [-0.05, 0) is 29.3 Å². The van der Waals surface area contributed by atoms with E-state index < -0.39 is 0 Å². The first kappa shape index (κ1) is 18.9. The number of halogens is 1. The van der Waals surface area contributed by atoms with Crippen LogP contribution in [-0.4, -0.2) is 10.3 Å². The Morgan fingerprint density at radius 3 is 2.23 bits per heavy atom. The van der Waals surface area contributed by atoms with Crippen molar-refractivity contribution >= 4 is 39.1 Å². The zero-order valence-corrected chi connectivity index (χ0v) is 18.2. The van der Waals surface area contributed by atoms with E-state index in [0.29, 0.717) is 9.33 Å². The van der Waals surface area contributed by atoms with Gasteiger partial charge in [0, 0.05) is 10.0 Å². The van der Waals surface area contributed by atoms with Gasteiger partial charge in [-0.2, -0.15) is 0 Å². The predicted molar refractivity (Wildman–Crippen MR) is 125 cm³/mol. The molecule has 1 aliphatic heterocycles. The summed E-state index contributed by atoms with van der Waals surface area (Å²) in [5, 5.41) is 8.95. The van der Waals surface area contributed by atoms with Gasteiger partial charge in [0.1, 0.15) is 6.04 Å². The van der Waals surface area contributed by atoms with Gasteiger partial charge in [0.2, 0.25) is 4.80 Å². The maximum atomic E-state index is 13.5. The number of hydrogen-bond donors (Lipinski definition) is 0. The second-order valence-electron chi connectivity index (χ2n) is 6.88. The molecule has 2 heterocycles. The maximum absolute atomic E-state index is 13.5. The van der Waals surface area contributed by atoms with E-state index in [-0.39, 0.29) is 11.6 Å². The van der Waals surface area contributed by atoms with E-state index >= 15 is 0 Å². The monoisotopic (exact) mass is 473 g/mol. The standard InChI is InChI=1S/C24H16BrN3OS/c25-19-13-11-16(12-14-19)15-20-23(29)28-22(18-9-5-2-6-10-18)21(26-27-24(28)30-20)17-7-3-1-4-8-17/h1-15,22H/b20-15-. The highest BCUT2D eigenvalue weighted by atomic mass is 79.9. The van der Waals surface area contributed by atoms with Gasteiger partial charge in [-0.3, -0.25) is 9.36 Å². The summed E-state index contributed by atoms with van der Waals surface area (Å²) in [6, 6.07) is 27.5. The summed E-state index contributed by atoms with van der Waals surface area (Å²) in [6.45, 7) is 0. The van der Waals surface area contributed by atoms with Crippen molar-refractivity contribution in [2.24, 2.45) is 10.2 Å². The van der Waals surface area contributed by atoms with E-state index in [4.69, 9.17) is 0 Å². The summed E-state index contributed by atoms with van der Waals surface area (Å²) in [6.07, 6.45) is 1.91. The minimum absolute atomic E-state index is 0.0566. The molecular formula is C24H16BrN3OS. The zero-order chi connectivity index (χ0) is 20.5. The van der Waals surface area contributed by atoms with Crippen LogP contribution in [0.5, 0.6) is 0 Å². The van der Waals surface area contributed by atoms with E-state index in [0.717, 1.165) is 26.9 Å². The fourth-order valence-electron chi connectivity index (χ4n) is 3.54. The van der Waals surface area contributed by atoms with E-state index in [9.17, 15) is 4.79 Å². The fraction of sp³-hybridized carbons (Fsp3) is 0.0417. The van der Waals surface area contributed by atoms with E-state index in [2.05, 4.69) is 26.1 Å². The van der Waals surface area contributed by atoms with E-state index in [1.807, 2.05) is 91.0 Å². The Kier molecular flexibility index (Phi) is 5.02. The van der Waals surface area contributed by atoms with Gasteiger partial charge < -0.3 is 0 Å². The number of rotatable bonds is 3. The highest BCUT2D eigenvalue weighted by Crippen LogP contribution is 2.24. The quantitative estimate of drug-likeness (QED) is 0.441. The highest BCUT2D eigenvalue weighted by molar-refractivity contribution is 9.10. The van der Waals surface area contributed by atoms with Crippen LogP contribution in [0.2, 0.25) is 0 Å². The van der Waals surface area contributed by atoms with Crippen molar-refractivity contribution in [2.45, 2.75) is 6.04 Å². The molecule has 0 saturated heterocycles. The Balaban J connectivity index is 1.72. The molecule has 1 aromatic heterocycles. The van der Waals surface area contributed by atoms with Gasteiger partial charge in [-0.1, -0.05) is 100 Å². The summed E-state index contributed by atoms with van der Waals surface area (Å²) >= 11 is 4.81. The molecule has 0 aliphatic carbocycles. The number of fused-ring (bicyclic) bond motifs is 1. The summed E-state index contributed by atoms with van der Waals surface area (Å²) in [5.41, 5.74) is 3.64. The third-order valence-electron chi connectivity index (χ3n) is 4.95. The molecule has 146 valence electrons. The maximum Gasteiger partial charge on any atom is 0.271 e. The lowest BCUT2D eigenvalue weighted by Crippen LogP contribution is -2.40. The molecule has 4 nitrogen and oxygen atoms in total. The first-order valence-corrected chi connectivity index (χ1v) is 11.1. The first-order valence-electron chi connectivity index (χ1n) is 9.45. The number of benzene rings is 3. The van der Waals surface area contributed by atoms with Crippen LogP contribution in [0, 0.1) is 0 Å². The lowest BCUT2D eigenvalue weighted by molar-refractivity contribution is 0.657. The molecule has 1 aliphatic rings. The smallest absolute Gasteiger partial charge is 0.268 e. The Morgan fingerprint density at radius 1 is 0.867 bits per heavy atom. The molecule has 0 spiro atoms. The molecule has 0 fully saturated rings. The fourth-order valence-corrected chi connectivity index (χ4v) is 4.75. The molecular weight excluding hydrogens is 458 g/mol. The van der Waals surface area contributed by atoms with Crippen molar-refractivity contribution in [3.8, 4) is 0 Å². The summed E-state index contributed by atoms with van der Waals surface area (Å²) < 4.78 is 3.41. The van der Waals surface area contributed by atoms with E-state index in [1.165, 1.54) is 11.3 Å². The molecule has 0 bridgehead atoms. The second-order valence-corrected chi connectivity index (χ2v) is 8.81. The minimum atomic E-state index is -0.322. The van der Waals surface area contributed by atoms with Crippen molar-refractivity contribution in [1.82, 2.24) is 4.57 Å². The molecule has 1 atom stereocenters. The molecule has 3 aromatic carbocycles. The largest absolute Gasteiger partial charge is 0.271 e. The van der Waals surface area contributed by atoms with Crippen LogP contribution in [0.3, 0.4) is 0 Å². The third-order valence-corrected chi connectivity index (χ3v) is 6.45. The summed E-state index contributed by atoms with van der Waals surface area (Å²) in [5.74, 6) is 0. The van der Waals surface area contributed by atoms with Crippen LogP contribution >= 0.6 is 27.3 Å². The number of nitrogens with zero attached hydrogens (tertiary/aromatic N) is 3. The molecule has 30 heavy (non-hydrogen) atoms. The van der Waals surface area contributed by atoms with Gasteiger partial charge in [-0.25, -0.2) is 0 Å². The van der Waals surface area contributed by atoms with Crippen LogP contribution in [0.15, 0.2) is 104 Å². The van der Waals surface area contributed by atoms with Crippen LogP contribution in [0.25, 0.3) is 6.08 Å². The molecule has 1 unspecified atom stereocenters. The van der Waals surface area contributed by atoms with Crippen LogP contribution < -0.4 is 14.9 Å². The van der Waals surface area contributed by atoms with Gasteiger partial charge in [0.25, 0.3) is 5.56 Å². The molecule has 0 N–H and O–H groups in total. The van der Waals surface area contributed by atoms with Gasteiger partial charge in [-0.15, -0.1) is 10.2 Å². The number of hydrogen-bond acceptors (Lipinski definition) is 4. The zero-order valence-electron chi connectivity index (χ0n) is 15.8. The average molecular weight is 474 g/mol. The molecule has 0 saturated carbocycles. The number of thiazole rings is 1. The predicted octanol–water partition coefficient (Wildman–Crippen LogP) is 4.13. The van der Waals surface area contributed by atoms with E-state index in [1.54, 1.807) is 4.57 Å². The van der Waals surface area contributed by atoms with Crippen molar-refractivity contribution in [2.75, 3.05) is 0 Å². The normalized spacial score (nSPS) is 16.0. The van der Waals surface area contributed by atoms with Crippen LogP contribution in [0.4, 0.5) is 0 Å². The molecule has 0 radical (unpaired) electrons. The molecule has 6 heteroatoms. The highest BCUT2D eigenvalue weighted by Gasteiger charge is 2.28. The van der Waals surface area contributed by atoms with Crippen LogP contribution in [-0.2, 0) is 0 Å². The third kappa shape index (κ3) is 3.49.